The lowest BCUT2D eigenvalue weighted by atomic mass is 10.1. The molecule has 0 aliphatic rings. The van der Waals surface area contributed by atoms with Gasteiger partial charge in [0.2, 0.25) is 5.91 Å². The Morgan fingerprint density at radius 3 is 2.72 bits per heavy atom. The molecule has 2 N–H and O–H groups in total. The number of aromatic nitrogens is 1. The van der Waals surface area contributed by atoms with E-state index >= 15 is 0 Å². The third-order valence-corrected chi connectivity index (χ3v) is 2.60. The van der Waals surface area contributed by atoms with Gasteiger partial charge in [0.25, 0.3) is 0 Å². The molecule has 1 amide bonds. The number of hydrogen-bond donors (Lipinski definition) is 2. The van der Waals surface area contributed by atoms with E-state index in [0.29, 0.717) is 15.9 Å². The number of amides is 1. The largest absolute Gasteiger partial charge is 0.478 e. The number of nitrogens with one attached hydrogen (secondary N) is 1. The minimum atomic E-state index is -1.16. The Morgan fingerprint density at radius 1 is 1.39 bits per heavy atom. The molecule has 0 fully saturated rings. The van der Waals surface area contributed by atoms with Crippen LogP contribution in [0.15, 0.2) is 24.4 Å². The van der Waals surface area contributed by atoms with E-state index in [1.807, 2.05) is 0 Å². The molecule has 6 heteroatoms. The summed E-state index contributed by atoms with van der Waals surface area (Å²) in [6, 6.07) is 4.88. The van der Waals surface area contributed by atoms with Crippen LogP contribution in [0.25, 0.3) is 10.9 Å². The van der Waals surface area contributed by atoms with Crippen LogP contribution in [0.4, 0.5) is 5.69 Å². The Morgan fingerprint density at radius 2 is 2.11 bits per heavy atom. The molecule has 2 rings (SSSR count). The Kier molecular flexibility index (Phi) is 3.16. The maximum Gasteiger partial charge on any atom is 0.339 e. The van der Waals surface area contributed by atoms with E-state index in [1.165, 1.54) is 13.1 Å². The van der Waals surface area contributed by atoms with E-state index in [4.69, 9.17) is 16.7 Å². The zero-order valence-corrected chi connectivity index (χ0v) is 10.2. The lowest BCUT2D eigenvalue weighted by molar-refractivity contribution is -0.114. The number of rotatable bonds is 2. The summed E-state index contributed by atoms with van der Waals surface area (Å²) < 4.78 is 0. The molecule has 92 valence electrons. The highest BCUT2D eigenvalue weighted by atomic mass is 35.5. The number of halogens is 1. The lowest BCUT2D eigenvalue weighted by Crippen LogP contribution is -2.12. The number of anilines is 1. The summed E-state index contributed by atoms with van der Waals surface area (Å²) in [6.07, 6.45) is 1.21. The Bertz CT molecular complexity index is 655. The van der Waals surface area contributed by atoms with Crippen LogP contribution in [0, 0.1) is 0 Å². The van der Waals surface area contributed by atoms with Crippen molar-refractivity contribution in [3.8, 4) is 0 Å². The second kappa shape index (κ2) is 4.62. The van der Waals surface area contributed by atoms with E-state index in [2.05, 4.69) is 10.3 Å². The normalized spacial score (nSPS) is 10.3. The zero-order valence-electron chi connectivity index (χ0n) is 9.40. The zero-order chi connectivity index (χ0) is 13.3. The average Bonchev–Trinajstić information content (AvgIpc) is 2.28. The summed E-state index contributed by atoms with van der Waals surface area (Å²) in [6.45, 7) is 1.31. The van der Waals surface area contributed by atoms with Crippen LogP contribution in [0.2, 0.25) is 5.02 Å². The summed E-state index contributed by atoms with van der Waals surface area (Å²) in [7, 11) is 0. The minimum absolute atomic E-state index is 0.0695. The number of fused-ring (bicyclic) bond motifs is 1. The van der Waals surface area contributed by atoms with Gasteiger partial charge in [-0.05, 0) is 18.2 Å². The van der Waals surface area contributed by atoms with E-state index in [1.54, 1.807) is 18.2 Å². The van der Waals surface area contributed by atoms with Gasteiger partial charge in [0.1, 0.15) is 5.56 Å². The standard InChI is InChI=1S/C12H9ClN2O3/c1-6(16)15-11-8-4-7(13)2-3-10(8)14-5-9(11)12(17)18/h2-5H,1H3,(H,17,18)(H,14,15,16). The van der Waals surface area contributed by atoms with Gasteiger partial charge in [-0.2, -0.15) is 0 Å². The average molecular weight is 265 g/mol. The van der Waals surface area contributed by atoms with Crippen molar-refractivity contribution in [3.05, 3.63) is 35.0 Å². The quantitative estimate of drug-likeness (QED) is 0.874. The van der Waals surface area contributed by atoms with Crippen molar-refractivity contribution >= 4 is 40.1 Å². The number of carbonyl (C=O) groups is 2. The van der Waals surface area contributed by atoms with Gasteiger partial charge < -0.3 is 10.4 Å². The molecule has 1 heterocycles. The monoisotopic (exact) mass is 264 g/mol. The van der Waals surface area contributed by atoms with E-state index in [-0.39, 0.29) is 17.2 Å². The second-order valence-corrected chi connectivity index (χ2v) is 4.13. The fraction of sp³-hybridized carbons (Fsp3) is 0.0833. The number of aromatic carboxylic acids is 1. The summed E-state index contributed by atoms with van der Waals surface area (Å²) in [5, 5.41) is 12.5. The SMILES string of the molecule is CC(=O)Nc1c(C(=O)O)cnc2ccc(Cl)cc12. The Labute approximate surface area is 107 Å². The molecule has 1 aromatic heterocycles. The second-order valence-electron chi connectivity index (χ2n) is 3.69. The number of benzene rings is 1. The van der Waals surface area contributed by atoms with Crippen molar-refractivity contribution in [2.24, 2.45) is 0 Å². The number of nitrogens with zero attached hydrogens (tertiary/aromatic N) is 1. The number of carboxylic acid groups (broad SMARTS) is 1. The molecule has 0 atom stereocenters. The number of carboxylic acids is 1. The molecule has 0 aliphatic carbocycles. The van der Waals surface area contributed by atoms with Gasteiger partial charge in [0, 0.05) is 23.5 Å². The van der Waals surface area contributed by atoms with Gasteiger partial charge in [0.15, 0.2) is 0 Å². The molecule has 0 saturated carbocycles. The maximum absolute atomic E-state index is 11.2. The van der Waals surface area contributed by atoms with Crippen molar-refractivity contribution in [2.75, 3.05) is 5.32 Å². The highest BCUT2D eigenvalue weighted by molar-refractivity contribution is 6.31. The molecular formula is C12H9ClN2O3. The summed E-state index contributed by atoms with van der Waals surface area (Å²) in [5.74, 6) is -1.52. The number of pyridine rings is 1. The fourth-order valence-corrected chi connectivity index (χ4v) is 1.81. The predicted octanol–water partition coefficient (Wildman–Crippen LogP) is 2.54. The first-order valence-electron chi connectivity index (χ1n) is 5.08. The highest BCUT2D eigenvalue weighted by Crippen LogP contribution is 2.28. The molecule has 0 bridgehead atoms. The molecule has 2 aromatic rings. The van der Waals surface area contributed by atoms with Crippen LogP contribution in [0.1, 0.15) is 17.3 Å². The third-order valence-electron chi connectivity index (χ3n) is 2.36. The first-order valence-corrected chi connectivity index (χ1v) is 5.46. The van der Waals surface area contributed by atoms with Crippen molar-refractivity contribution in [3.63, 3.8) is 0 Å². The van der Waals surface area contributed by atoms with Gasteiger partial charge in [-0.3, -0.25) is 9.78 Å². The van der Waals surface area contributed by atoms with Crippen LogP contribution in [-0.2, 0) is 4.79 Å². The smallest absolute Gasteiger partial charge is 0.339 e. The maximum atomic E-state index is 11.2. The number of carbonyl (C=O) groups excluding carboxylic acids is 1. The molecular weight excluding hydrogens is 256 g/mol. The van der Waals surface area contributed by atoms with E-state index in [0.717, 1.165) is 0 Å². The third kappa shape index (κ3) is 2.26. The summed E-state index contributed by atoms with van der Waals surface area (Å²) >= 11 is 5.87. The Hall–Kier alpha value is -2.14. The fourth-order valence-electron chi connectivity index (χ4n) is 1.64. The first kappa shape index (κ1) is 12.3. The minimum Gasteiger partial charge on any atom is -0.478 e. The molecule has 0 saturated heterocycles. The van der Waals surface area contributed by atoms with Crippen LogP contribution >= 0.6 is 11.6 Å². The van der Waals surface area contributed by atoms with E-state index < -0.39 is 5.97 Å². The van der Waals surface area contributed by atoms with Gasteiger partial charge in [0.05, 0.1) is 11.2 Å². The summed E-state index contributed by atoms with van der Waals surface area (Å²) in [4.78, 5) is 26.3. The van der Waals surface area contributed by atoms with Crippen molar-refractivity contribution in [1.29, 1.82) is 0 Å². The first-order chi connectivity index (χ1) is 8.49. The van der Waals surface area contributed by atoms with Crippen LogP contribution < -0.4 is 5.32 Å². The molecule has 0 radical (unpaired) electrons. The van der Waals surface area contributed by atoms with Crippen LogP contribution in [-0.4, -0.2) is 22.0 Å². The highest BCUT2D eigenvalue weighted by Gasteiger charge is 2.15. The van der Waals surface area contributed by atoms with Crippen LogP contribution in [0.3, 0.4) is 0 Å². The van der Waals surface area contributed by atoms with Crippen molar-refractivity contribution < 1.29 is 14.7 Å². The van der Waals surface area contributed by atoms with Crippen molar-refractivity contribution in [1.82, 2.24) is 4.98 Å². The van der Waals surface area contributed by atoms with Gasteiger partial charge in [-0.25, -0.2) is 4.79 Å². The predicted molar refractivity (Wildman–Crippen MR) is 68.0 cm³/mol. The van der Waals surface area contributed by atoms with Gasteiger partial charge in [-0.1, -0.05) is 11.6 Å². The Balaban J connectivity index is 2.78. The van der Waals surface area contributed by atoms with E-state index in [9.17, 15) is 9.59 Å². The number of hydrogen-bond acceptors (Lipinski definition) is 3. The summed E-state index contributed by atoms with van der Waals surface area (Å²) in [5.41, 5.74) is 0.704. The van der Waals surface area contributed by atoms with Gasteiger partial charge in [-0.15, -0.1) is 0 Å². The molecule has 0 unspecified atom stereocenters. The topological polar surface area (TPSA) is 79.3 Å². The molecule has 1 aromatic carbocycles. The molecule has 0 aliphatic heterocycles. The lowest BCUT2D eigenvalue weighted by Gasteiger charge is -2.10. The van der Waals surface area contributed by atoms with Gasteiger partial charge >= 0.3 is 5.97 Å². The molecule has 18 heavy (non-hydrogen) atoms. The van der Waals surface area contributed by atoms with Crippen LogP contribution in [0.5, 0.6) is 0 Å². The van der Waals surface area contributed by atoms with Crippen molar-refractivity contribution in [2.45, 2.75) is 6.92 Å². The molecule has 5 nitrogen and oxygen atoms in total. The molecule has 0 spiro atoms.